The molecule has 2 aromatic rings. The molecule has 78 valence electrons. The first-order chi connectivity index (χ1) is 7.08. The van der Waals surface area contributed by atoms with E-state index in [0.29, 0.717) is 6.07 Å². The first-order valence-electron chi connectivity index (χ1n) is 4.07. The van der Waals surface area contributed by atoms with Crippen LogP contribution in [0.2, 0.25) is 0 Å². The lowest BCUT2D eigenvalue weighted by atomic mass is 10.1. The number of hydrogen-bond acceptors (Lipinski definition) is 3. The van der Waals surface area contributed by atoms with Gasteiger partial charge in [0.2, 0.25) is 0 Å². The van der Waals surface area contributed by atoms with E-state index >= 15 is 0 Å². The maximum Gasteiger partial charge on any atom is 0.167 e. The molecule has 0 spiro atoms. The highest BCUT2D eigenvalue weighted by molar-refractivity contribution is 5.64. The van der Waals surface area contributed by atoms with Crippen LogP contribution in [0.15, 0.2) is 18.2 Å². The standard InChI is InChI=1S/C9H7F2N3O/c10-5-2-6(11)8(15)1-4(5)7-3-9(12)14-13-7/h1-3,15H,(H3,12,13,14). The van der Waals surface area contributed by atoms with Crippen LogP contribution in [0, 0.1) is 11.6 Å². The average Bonchev–Trinajstić information content (AvgIpc) is 2.58. The Bertz CT molecular complexity index is 510. The molecule has 0 saturated carbocycles. The van der Waals surface area contributed by atoms with Crippen molar-refractivity contribution < 1.29 is 13.9 Å². The van der Waals surface area contributed by atoms with Crippen molar-refractivity contribution in [2.75, 3.05) is 5.73 Å². The van der Waals surface area contributed by atoms with Crippen LogP contribution in [0.3, 0.4) is 0 Å². The van der Waals surface area contributed by atoms with E-state index in [1.807, 2.05) is 0 Å². The molecule has 15 heavy (non-hydrogen) atoms. The number of aromatic amines is 1. The van der Waals surface area contributed by atoms with Gasteiger partial charge >= 0.3 is 0 Å². The van der Waals surface area contributed by atoms with E-state index in [0.717, 1.165) is 6.07 Å². The number of halogens is 2. The zero-order chi connectivity index (χ0) is 11.0. The van der Waals surface area contributed by atoms with Crippen LogP contribution in [0.4, 0.5) is 14.6 Å². The molecule has 1 aromatic carbocycles. The summed E-state index contributed by atoms with van der Waals surface area (Å²) in [5.41, 5.74) is 5.62. The van der Waals surface area contributed by atoms with Gasteiger partial charge in [0.05, 0.1) is 5.69 Å². The first kappa shape index (κ1) is 9.45. The smallest absolute Gasteiger partial charge is 0.167 e. The van der Waals surface area contributed by atoms with Gasteiger partial charge in [-0.15, -0.1) is 0 Å². The maximum absolute atomic E-state index is 13.3. The molecule has 0 bridgehead atoms. The number of phenols is 1. The second kappa shape index (κ2) is 3.23. The lowest BCUT2D eigenvalue weighted by Gasteiger charge is -2.01. The van der Waals surface area contributed by atoms with Gasteiger partial charge in [0.1, 0.15) is 11.6 Å². The predicted molar refractivity (Wildman–Crippen MR) is 50.0 cm³/mol. The highest BCUT2D eigenvalue weighted by Gasteiger charge is 2.12. The van der Waals surface area contributed by atoms with Gasteiger partial charge in [-0.25, -0.2) is 8.78 Å². The van der Waals surface area contributed by atoms with Gasteiger partial charge in [0.15, 0.2) is 11.6 Å². The summed E-state index contributed by atoms with van der Waals surface area (Å²) in [7, 11) is 0. The number of anilines is 1. The summed E-state index contributed by atoms with van der Waals surface area (Å²) < 4.78 is 26.0. The summed E-state index contributed by atoms with van der Waals surface area (Å²) in [5, 5.41) is 15.1. The number of rotatable bonds is 1. The monoisotopic (exact) mass is 211 g/mol. The Kier molecular flexibility index (Phi) is 2.03. The number of nitrogens with two attached hydrogens (primary N) is 1. The number of hydrogen-bond donors (Lipinski definition) is 3. The first-order valence-corrected chi connectivity index (χ1v) is 4.07. The van der Waals surface area contributed by atoms with Crippen molar-refractivity contribution in [3.8, 4) is 17.0 Å². The topological polar surface area (TPSA) is 74.9 Å². The van der Waals surface area contributed by atoms with E-state index in [1.165, 1.54) is 6.07 Å². The Morgan fingerprint density at radius 3 is 2.53 bits per heavy atom. The molecule has 0 aliphatic rings. The third kappa shape index (κ3) is 1.61. The minimum atomic E-state index is -1.01. The van der Waals surface area contributed by atoms with E-state index in [9.17, 15) is 8.78 Å². The molecule has 0 saturated heterocycles. The summed E-state index contributed by atoms with van der Waals surface area (Å²) in [6, 6.07) is 2.95. The van der Waals surface area contributed by atoms with Gasteiger partial charge in [-0.2, -0.15) is 5.10 Å². The molecule has 0 radical (unpaired) electrons. The van der Waals surface area contributed by atoms with Crippen molar-refractivity contribution in [2.24, 2.45) is 0 Å². The second-order valence-electron chi connectivity index (χ2n) is 2.99. The Morgan fingerprint density at radius 1 is 1.20 bits per heavy atom. The molecule has 1 aromatic heterocycles. The van der Waals surface area contributed by atoms with Crippen LogP contribution in [-0.2, 0) is 0 Å². The number of phenolic OH excluding ortho intramolecular Hbond substituents is 1. The molecule has 0 aliphatic carbocycles. The Hall–Kier alpha value is -2.11. The number of H-pyrrole nitrogens is 1. The van der Waals surface area contributed by atoms with Crippen LogP contribution in [0.5, 0.6) is 5.75 Å². The molecule has 2 rings (SSSR count). The van der Waals surface area contributed by atoms with E-state index in [1.54, 1.807) is 0 Å². The maximum atomic E-state index is 13.3. The molecule has 0 amide bonds. The molecule has 6 heteroatoms. The summed E-state index contributed by atoms with van der Waals surface area (Å²) in [5.74, 6) is -2.24. The Balaban J connectivity index is 2.58. The number of aromatic hydroxyl groups is 1. The Labute approximate surface area is 83.4 Å². The van der Waals surface area contributed by atoms with Crippen LogP contribution in [0.25, 0.3) is 11.3 Å². The van der Waals surface area contributed by atoms with Crippen LogP contribution < -0.4 is 5.73 Å². The van der Waals surface area contributed by atoms with Crippen molar-refractivity contribution in [1.82, 2.24) is 10.2 Å². The second-order valence-corrected chi connectivity index (χ2v) is 2.99. The minimum absolute atomic E-state index is 0.0121. The van der Waals surface area contributed by atoms with Gasteiger partial charge in [-0.3, -0.25) is 5.10 Å². The van der Waals surface area contributed by atoms with Crippen molar-refractivity contribution in [1.29, 1.82) is 0 Å². The molecule has 0 aliphatic heterocycles. The third-order valence-corrected chi connectivity index (χ3v) is 1.92. The zero-order valence-electron chi connectivity index (χ0n) is 7.46. The molecule has 4 nitrogen and oxygen atoms in total. The van der Waals surface area contributed by atoms with Crippen molar-refractivity contribution in [3.63, 3.8) is 0 Å². The molecule has 0 fully saturated rings. The molecular weight excluding hydrogens is 204 g/mol. The van der Waals surface area contributed by atoms with E-state index in [4.69, 9.17) is 10.8 Å². The molecule has 4 N–H and O–H groups in total. The molecule has 0 atom stereocenters. The van der Waals surface area contributed by atoms with E-state index in [2.05, 4.69) is 10.2 Å². The lowest BCUT2D eigenvalue weighted by Crippen LogP contribution is -1.87. The fourth-order valence-electron chi connectivity index (χ4n) is 1.22. The van der Waals surface area contributed by atoms with Gasteiger partial charge in [-0.1, -0.05) is 0 Å². The van der Waals surface area contributed by atoms with E-state index < -0.39 is 17.4 Å². The van der Waals surface area contributed by atoms with Crippen LogP contribution in [0.1, 0.15) is 0 Å². The number of benzene rings is 1. The quantitative estimate of drug-likeness (QED) is 0.671. The highest BCUT2D eigenvalue weighted by Crippen LogP contribution is 2.28. The number of nitrogens with one attached hydrogen (secondary N) is 1. The number of aromatic nitrogens is 2. The predicted octanol–water partition coefficient (Wildman–Crippen LogP) is 1.64. The summed E-state index contributed by atoms with van der Waals surface area (Å²) in [4.78, 5) is 0. The fraction of sp³-hybridized carbons (Fsp3) is 0. The van der Waals surface area contributed by atoms with Crippen LogP contribution >= 0.6 is 0 Å². The minimum Gasteiger partial charge on any atom is -0.505 e. The molecule has 0 unspecified atom stereocenters. The zero-order valence-corrected chi connectivity index (χ0v) is 7.46. The summed E-state index contributed by atoms with van der Waals surface area (Å²) in [6.07, 6.45) is 0. The van der Waals surface area contributed by atoms with Gasteiger partial charge < -0.3 is 10.8 Å². The number of nitrogens with zero attached hydrogens (tertiary/aromatic N) is 1. The Morgan fingerprint density at radius 2 is 1.93 bits per heavy atom. The lowest BCUT2D eigenvalue weighted by molar-refractivity contribution is 0.428. The largest absolute Gasteiger partial charge is 0.505 e. The van der Waals surface area contributed by atoms with Gasteiger partial charge in [0, 0.05) is 17.7 Å². The SMILES string of the molecule is Nc1cc(-c2cc(O)c(F)cc2F)[nH]n1. The summed E-state index contributed by atoms with van der Waals surface area (Å²) >= 11 is 0. The van der Waals surface area contributed by atoms with Gasteiger partial charge in [0.25, 0.3) is 0 Å². The van der Waals surface area contributed by atoms with Crippen LogP contribution in [-0.4, -0.2) is 15.3 Å². The van der Waals surface area contributed by atoms with E-state index in [-0.39, 0.29) is 17.1 Å². The third-order valence-electron chi connectivity index (χ3n) is 1.92. The van der Waals surface area contributed by atoms with Crippen molar-refractivity contribution in [3.05, 3.63) is 29.8 Å². The average molecular weight is 211 g/mol. The highest BCUT2D eigenvalue weighted by atomic mass is 19.1. The number of nitrogen functional groups attached to an aromatic ring is 1. The molecule has 1 heterocycles. The van der Waals surface area contributed by atoms with Crippen molar-refractivity contribution in [2.45, 2.75) is 0 Å². The van der Waals surface area contributed by atoms with Crippen molar-refractivity contribution >= 4 is 5.82 Å². The normalized spacial score (nSPS) is 10.5. The fourth-order valence-corrected chi connectivity index (χ4v) is 1.22. The summed E-state index contributed by atoms with van der Waals surface area (Å²) in [6.45, 7) is 0. The molecular formula is C9H7F2N3O. The van der Waals surface area contributed by atoms with Gasteiger partial charge in [-0.05, 0) is 6.07 Å².